The quantitative estimate of drug-likeness (QED) is 0.783. The van der Waals surface area contributed by atoms with Crippen LogP contribution in [0.15, 0.2) is 40.7 Å². The van der Waals surface area contributed by atoms with Gasteiger partial charge in [-0.1, -0.05) is 23.5 Å². The third-order valence-corrected chi connectivity index (χ3v) is 5.93. The lowest BCUT2D eigenvalue weighted by Crippen LogP contribution is -2.56. The number of carbonyl (C=O) groups excluding carboxylic acids is 1. The number of rotatable bonds is 7. The number of sulfonamides is 1. The van der Waals surface area contributed by atoms with Crippen LogP contribution in [-0.4, -0.2) is 49.9 Å². The summed E-state index contributed by atoms with van der Waals surface area (Å²) in [5, 5.41) is 2.43. The molecule has 0 bridgehead atoms. The molecule has 1 saturated heterocycles. The van der Waals surface area contributed by atoms with Gasteiger partial charge in [-0.3, -0.25) is 4.79 Å². The number of aryl methyl sites for hydroxylation is 1. The number of ether oxygens (including phenoxy) is 1. The normalized spacial score (nSPS) is 15.0. The fraction of sp³-hybridized carbons (Fsp3) is 0.375. The van der Waals surface area contributed by atoms with Gasteiger partial charge in [0.05, 0.1) is 18.0 Å². The second-order valence-electron chi connectivity index (χ2n) is 5.80. The first kappa shape index (κ1) is 17.8. The van der Waals surface area contributed by atoms with Crippen LogP contribution in [0.25, 0.3) is 0 Å². The van der Waals surface area contributed by atoms with Crippen molar-refractivity contribution in [3.8, 4) is 5.19 Å². The minimum absolute atomic E-state index is 0.0425. The first-order valence-corrected chi connectivity index (χ1v) is 10.2. The lowest BCUT2D eigenvalue weighted by molar-refractivity contribution is -0.139. The maximum atomic E-state index is 12.2. The Hall–Kier alpha value is -1.97. The van der Waals surface area contributed by atoms with Crippen LogP contribution >= 0.6 is 11.3 Å². The van der Waals surface area contributed by atoms with E-state index in [0.29, 0.717) is 18.3 Å². The van der Waals surface area contributed by atoms with Crippen LogP contribution in [0.1, 0.15) is 12.0 Å². The summed E-state index contributed by atoms with van der Waals surface area (Å²) >= 11 is 1.41. The second kappa shape index (κ2) is 7.51. The highest BCUT2D eigenvalue weighted by Crippen LogP contribution is 2.20. The molecule has 2 heterocycles. The molecule has 7 nitrogen and oxygen atoms in total. The SMILES string of the molecule is Cc1cccc(S(=O)(=O)NCCC(=O)N2CC(Oc3nccs3)C2)c1. The van der Waals surface area contributed by atoms with Gasteiger partial charge >= 0.3 is 0 Å². The van der Waals surface area contributed by atoms with Crippen LogP contribution < -0.4 is 9.46 Å². The average molecular weight is 381 g/mol. The molecule has 25 heavy (non-hydrogen) atoms. The van der Waals surface area contributed by atoms with Gasteiger partial charge in [0.1, 0.15) is 6.10 Å². The molecule has 0 unspecified atom stereocenters. The topological polar surface area (TPSA) is 88.6 Å². The van der Waals surface area contributed by atoms with Gasteiger partial charge in [0.15, 0.2) is 0 Å². The van der Waals surface area contributed by atoms with E-state index in [1.807, 2.05) is 18.4 Å². The molecule has 1 aliphatic rings. The molecule has 2 aromatic rings. The number of likely N-dealkylation sites (tertiary alicyclic amines) is 1. The molecule has 3 rings (SSSR count). The zero-order chi connectivity index (χ0) is 17.9. The van der Waals surface area contributed by atoms with Gasteiger partial charge in [-0.15, -0.1) is 0 Å². The van der Waals surface area contributed by atoms with E-state index >= 15 is 0 Å². The fourth-order valence-corrected chi connectivity index (χ4v) is 4.13. The zero-order valence-electron chi connectivity index (χ0n) is 13.7. The van der Waals surface area contributed by atoms with Crippen molar-refractivity contribution in [3.05, 3.63) is 41.4 Å². The molecule has 1 fully saturated rings. The van der Waals surface area contributed by atoms with Gasteiger partial charge in [0, 0.05) is 24.5 Å². The van der Waals surface area contributed by atoms with E-state index in [1.54, 1.807) is 23.2 Å². The van der Waals surface area contributed by atoms with Crippen LogP contribution in [0.4, 0.5) is 0 Å². The van der Waals surface area contributed by atoms with Gasteiger partial charge < -0.3 is 9.64 Å². The summed E-state index contributed by atoms with van der Waals surface area (Å²) in [6, 6.07) is 6.65. The Kier molecular flexibility index (Phi) is 5.36. The highest BCUT2D eigenvalue weighted by Gasteiger charge is 2.32. The van der Waals surface area contributed by atoms with E-state index in [9.17, 15) is 13.2 Å². The van der Waals surface area contributed by atoms with Crippen LogP contribution in [0.3, 0.4) is 0 Å². The molecule has 9 heteroatoms. The third-order valence-electron chi connectivity index (χ3n) is 3.81. The maximum Gasteiger partial charge on any atom is 0.273 e. The molecule has 0 atom stereocenters. The number of benzene rings is 1. The minimum Gasteiger partial charge on any atom is -0.463 e. The first-order valence-electron chi connectivity index (χ1n) is 7.84. The van der Waals surface area contributed by atoms with Gasteiger partial charge in [0.2, 0.25) is 15.9 Å². The monoisotopic (exact) mass is 381 g/mol. The Balaban J connectivity index is 1.41. The van der Waals surface area contributed by atoms with E-state index in [4.69, 9.17) is 4.74 Å². The summed E-state index contributed by atoms with van der Waals surface area (Å²) in [5.74, 6) is -0.0917. The zero-order valence-corrected chi connectivity index (χ0v) is 15.3. The van der Waals surface area contributed by atoms with Crippen molar-refractivity contribution in [1.82, 2.24) is 14.6 Å². The first-order chi connectivity index (χ1) is 11.9. The number of hydrogen-bond acceptors (Lipinski definition) is 6. The number of nitrogens with zero attached hydrogens (tertiary/aromatic N) is 2. The van der Waals surface area contributed by atoms with Gasteiger partial charge in [0.25, 0.3) is 5.19 Å². The van der Waals surface area contributed by atoms with Crippen molar-refractivity contribution in [2.75, 3.05) is 19.6 Å². The molecule has 0 radical (unpaired) electrons. The van der Waals surface area contributed by atoms with E-state index in [1.165, 1.54) is 17.4 Å². The predicted molar refractivity (Wildman–Crippen MR) is 94.1 cm³/mol. The van der Waals surface area contributed by atoms with Crippen molar-refractivity contribution in [2.45, 2.75) is 24.3 Å². The number of nitrogens with one attached hydrogen (secondary N) is 1. The summed E-state index contributed by atoms with van der Waals surface area (Å²) in [4.78, 5) is 18.0. The summed E-state index contributed by atoms with van der Waals surface area (Å²) < 4.78 is 32.4. The molecule has 1 aliphatic heterocycles. The Labute approximate surface area is 150 Å². The lowest BCUT2D eigenvalue weighted by Gasteiger charge is -2.38. The van der Waals surface area contributed by atoms with E-state index in [0.717, 1.165) is 5.56 Å². The van der Waals surface area contributed by atoms with Crippen LogP contribution in [0, 0.1) is 6.92 Å². The van der Waals surface area contributed by atoms with Crippen LogP contribution in [0.2, 0.25) is 0 Å². The lowest BCUT2D eigenvalue weighted by atomic mass is 10.1. The third kappa shape index (κ3) is 4.56. The number of amides is 1. The van der Waals surface area contributed by atoms with Gasteiger partial charge in [-0.2, -0.15) is 0 Å². The molecule has 1 N–H and O–H groups in total. The van der Waals surface area contributed by atoms with Crippen LogP contribution in [0.5, 0.6) is 5.19 Å². The smallest absolute Gasteiger partial charge is 0.273 e. The largest absolute Gasteiger partial charge is 0.463 e. The van der Waals surface area contributed by atoms with Crippen molar-refractivity contribution < 1.29 is 17.9 Å². The molecule has 1 amide bonds. The molecule has 0 saturated carbocycles. The Morgan fingerprint density at radius 2 is 2.24 bits per heavy atom. The summed E-state index contributed by atoms with van der Waals surface area (Å²) in [7, 11) is -3.59. The highest BCUT2D eigenvalue weighted by molar-refractivity contribution is 7.89. The fourth-order valence-electron chi connectivity index (χ4n) is 2.44. The number of aromatic nitrogens is 1. The van der Waals surface area contributed by atoms with E-state index in [-0.39, 0.29) is 29.9 Å². The second-order valence-corrected chi connectivity index (χ2v) is 8.42. The van der Waals surface area contributed by atoms with Crippen LogP contribution in [-0.2, 0) is 14.8 Å². The Morgan fingerprint density at radius 1 is 1.44 bits per heavy atom. The standard InChI is InChI=1S/C16H19N3O4S2/c1-12-3-2-4-14(9-12)25(21,22)18-6-5-15(20)19-10-13(11-19)23-16-17-7-8-24-16/h2-4,7-9,13,18H,5-6,10-11H2,1H3. The number of hydrogen-bond donors (Lipinski definition) is 1. The number of thiazole rings is 1. The summed E-state index contributed by atoms with van der Waals surface area (Å²) in [6.45, 7) is 2.91. The van der Waals surface area contributed by atoms with Crippen molar-refractivity contribution in [2.24, 2.45) is 0 Å². The molecule has 1 aromatic heterocycles. The van der Waals surface area contributed by atoms with Gasteiger partial charge in [-0.05, 0) is 24.6 Å². The number of carbonyl (C=O) groups is 1. The summed E-state index contributed by atoms with van der Waals surface area (Å²) in [6.07, 6.45) is 1.75. The van der Waals surface area contributed by atoms with Gasteiger partial charge in [-0.25, -0.2) is 18.1 Å². The minimum atomic E-state index is -3.59. The molecule has 0 aliphatic carbocycles. The molecule has 134 valence electrons. The molecule has 1 aromatic carbocycles. The van der Waals surface area contributed by atoms with E-state index < -0.39 is 10.0 Å². The molecular weight excluding hydrogens is 362 g/mol. The van der Waals surface area contributed by atoms with Crippen molar-refractivity contribution in [1.29, 1.82) is 0 Å². The summed E-state index contributed by atoms with van der Waals surface area (Å²) in [5.41, 5.74) is 0.866. The van der Waals surface area contributed by atoms with Crippen molar-refractivity contribution in [3.63, 3.8) is 0 Å². The maximum absolute atomic E-state index is 12.2. The Morgan fingerprint density at radius 3 is 2.92 bits per heavy atom. The van der Waals surface area contributed by atoms with Crippen molar-refractivity contribution >= 4 is 27.3 Å². The molecule has 0 spiro atoms. The Bertz CT molecular complexity index is 831. The van der Waals surface area contributed by atoms with E-state index in [2.05, 4.69) is 9.71 Å². The average Bonchev–Trinajstić information content (AvgIpc) is 3.03. The predicted octanol–water partition coefficient (Wildman–Crippen LogP) is 1.41. The molecular formula is C16H19N3O4S2. The highest BCUT2D eigenvalue weighted by atomic mass is 32.2.